The highest BCUT2D eigenvalue weighted by atomic mass is 79.9. The molecular formula is C37H21BrO3. The summed E-state index contributed by atoms with van der Waals surface area (Å²) in [5.74, 6) is 0. The lowest BCUT2D eigenvalue weighted by molar-refractivity contribution is 0.131. The zero-order valence-electron chi connectivity index (χ0n) is 21.7. The van der Waals surface area contributed by atoms with Gasteiger partial charge in [0.25, 0.3) is 0 Å². The largest absolute Gasteiger partial charge is 0.456 e. The Balaban J connectivity index is 1.51. The second kappa shape index (κ2) is 8.20. The molecule has 194 valence electrons. The molecule has 0 saturated carbocycles. The number of rotatable bonds is 2. The van der Waals surface area contributed by atoms with Crippen molar-refractivity contribution < 1.29 is 13.9 Å². The Labute approximate surface area is 243 Å². The van der Waals surface area contributed by atoms with Gasteiger partial charge >= 0.3 is 0 Å². The van der Waals surface area contributed by atoms with Gasteiger partial charge in [-0.25, -0.2) is 0 Å². The minimum atomic E-state index is -1.45. The van der Waals surface area contributed by atoms with Crippen molar-refractivity contribution in [3.8, 4) is 22.3 Å². The lowest BCUT2D eigenvalue weighted by Gasteiger charge is -2.29. The Bertz CT molecular complexity index is 2340. The van der Waals surface area contributed by atoms with E-state index in [1.807, 2.05) is 84.9 Å². The summed E-state index contributed by atoms with van der Waals surface area (Å²) >= 11 is 3.88. The van der Waals surface area contributed by atoms with Crippen LogP contribution in [0.5, 0.6) is 0 Å². The number of para-hydroxylation sites is 2. The first-order valence-corrected chi connectivity index (χ1v) is 14.4. The van der Waals surface area contributed by atoms with Crippen LogP contribution in [0.15, 0.2) is 135 Å². The van der Waals surface area contributed by atoms with E-state index in [1.165, 1.54) is 0 Å². The highest BCUT2D eigenvalue weighted by molar-refractivity contribution is 9.10. The Hall–Kier alpha value is -4.64. The van der Waals surface area contributed by atoms with E-state index in [4.69, 9.17) is 8.83 Å². The molecule has 9 rings (SSSR count). The molecule has 0 fully saturated rings. The summed E-state index contributed by atoms with van der Waals surface area (Å²) in [6.45, 7) is 0. The van der Waals surface area contributed by atoms with Crippen molar-refractivity contribution in [3.63, 3.8) is 0 Å². The van der Waals surface area contributed by atoms with Crippen molar-refractivity contribution in [1.29, 1.82) is 0 Å². The smallest absolute Gasteiger partial charge is 0.144 e. The molecule has 1 aliphatic carbocycles. The lowest BCUT2D eigenvalue weighted by atomic mass is 9.80. The van der Waals surface area contributed by atoms with Gasteiger partial charge in [0, 0.05) is 53.8 Å². The second-order valence-electron chi connectivity index (χ2n) is 10.7. The average Bonchev–Trinajstić information content (AvgIpc) is 3.67. The van der Waals surface area contributed by atoms with E-state index in [0.717, 1.165) is 87.3 Å². The zero-order valence-corrected chi connectivity index (χ0v) is 23.3. The second-order valence-corrected chi connectivity index (χ2v) is 11.5. The van der Waals surface area contributed by atoms with Gasteiger partial charge in [-0.3, -0.25) is 0 Å². The maximum atomic E-state index is 13.2. The zero-order chi connectivity index (χ0) is 27.3. The van der Waals surface area contributed by atoms with E-state index in [0.29, 0.717) is 0 Å². The van der Waals surface area contributed by atoms with Crippen LogP contribution in [-0.2, 0) is 5.60 Å². The molecule has 1 aliphatic rings. The van der Waals surface area contributed by atoms with Gasteiger partial charge in [-0.1, -0.05) is 97.1 Å². The number of fused-ring (bicyclic) bond motifs is 11. The maximum Gasteiger partial charge on any atom is 0.144 e. The highest BCUT2D eigenvalue weighted by Crippen LogP contribution is 2.59. The van der Waals surface area contributed by atoms with Crippen LogP contribution in [0, 0.1) is 0 Å². The fraction of sp³-hybridized carbons (Fsp3) is 0.0270. The van der Waals surface area contributed by atoms with E-state index in [1.54, 1.807) is 0 Å². The normalized spacial score (nSPS) is 16.1. The van der Waals surface area contributed by atoms with Crippen molar-refractivity contribution in [2.24, 2.45) is 0 Å². The Morgan fingerprint density at radius 2 is 1.20 bits per heavy atom. The molecule has 0 aliphatic heterocycles. The summed E-state index contributed by atoms with van der Waals surface area (Å²) < 4.78 is 13.9. The summed E-state index contributed by atoms with van der Waals surface area (Å²) in [4.78, 5) is 0. The van der Waals surface area contributed by atoms with Crippen LogP contribution in [0.1, 0.15) is 16.7 Å². The minimum Gasteiger partial charge on any atom is -0.456 e. The summed E-state index contributed by atoms with van der Waals surface area (Å²) in [6, 6.07) is 40.7. The van der Waals surface area contributed by atoms with Crippen LogP contribution in [0.4, 0.5) is 0 Å². The van der Waals surface area contributed by atoms with Gasteiger partial charge < -0.3 is 13.9 Å². The molecule has 0 bridgehead atoms. The van der Waals surface area contributed by atoms with Crippen molar-refractivity contribution in [1.82, 2.24) is 0 Å². The molecule has 1 atom stereocenters. The molecule has 4 heteroatoms. The monoisotopic (exact) mass is 592 g/mol. The molecule has 6 aromatic carbocycles. The fourth-order valence-corrected chi connectivity index (χ4v) is 7.49. The van der Waals surface area contributed by atoms with Gasteiger partial charge in [-0.2, -0.15) is 0 Å². The van der Waals surface area contributed by atoms with Crippen molar-refractivity contribution in [2.75, 3.05) is 0 Å². The molecule has 2 aromatic heterocycles. The molecule has 1 unspecified atom stereocenters. The summed E-state index contributed by atoms with van der Waals surface area (Å²) in [5, 5.41) is 17.3. The van der Waals surface area contributed by atoms with E-state index < -0.39 is 5.60 Å². The van der Waals surface area contributed by atoms with Crippen LogP contribution in [0.3, 0.4) is 0 Å². The van der Waals surface area contributed by atoms with Gasteiger partial charge in [-0.15, -0.1) is 0 Å². The van der Waals surface area contributed by atoms with Gasteiger partial charge in [0.2, 0.25) is 0 Å². The van der Waals surface area contributed by atoms with E-state index in [-0.39, 0.29) is 0 Å². The third-order valence-electron chi connectivity index (χ3n) is 8.58. The third kappa shape index (κ3) is 2.96. The number of hydrogen-bond donors (Lipinski definition) is 1. The number of aliphatic hydroxyl groups is 1. The van der Waals surface area contributed by atoms with E-state index >= 15 is 0 Å². The molecule has 3 nitrogen and oxygen atoms in total. The first-order chi connectivity index (χ1) is 20.1. The number of furan rings is 2. The predicted molar refractivity (Wildman–Crippen MR) is 168 cm³/mol. The molecule has 0 saturated heterocycles. The Morgan fingerprint density at radius 3 is 2.00 bits per heavy atom. The average molecular weight is 593 g/mol. The van der Waals surface area contributed by atoms with Crippen LogP contribution >= 0.6 is 15.9 Å². The minimum absolute atomic E-state index is 0.753. The van der Waals surface area contributed by atoms with Crippen molar-refractivity contribution in [2.45, 2.75) is 5.60 Å². The predicted octanol–water partition coefficient (Wildman–Crippen LogP) is 10.2. The van der Waals surface area contributed by atoms with Crippen molar-refractivity contribution in [3.05, 3.63) is 142 Å². The molecule has 2 heterocycles. The molecule has 0 amide bonds. The topological polar surface area (TPSA) is 46.5 Å². The summed E-state index contributed by atoms with van der Waals surface area (Å²) in [6.07, 6.45) is 0. The van der Waals surface area contributed by atoms with Crippen LogP contribution in [0.25, 0.3) is 66.1 Å². The quantitative estimate of drug-likeness (QED) is 0.217. The lowest BCUT2D eigenvalue weighted by Crippen LogP contribution is -2.27. The SMILES string of the molecule is OC1(c2ccccc2-c2ccccc2)c2cc(Br)c3c(oc4ccccc43)c2-c2c1ccc1oc3ccccc3c21. The van der Waals surface area contributed by atoms with Crippen molar-refractivity contribution >= 4 is 59.8 Å². The maximum absolute atomic E-state index is 13.2. The molecule has 8 aromatic rings. The standard InChI is InChI=1S/C37H21BrO3/c38-28-20-27-35(36-32(28)23-13-5-9-17-30(23)41-36)34-26(18-19-31-33(34)24-14-6-8-16-29(24)40-31)37(27,39)25-15-7-4-12-22(25)21-10-2-1-3-11-21/h1-20,39H. The van der Waals surface area contributed by atoms with E-state index in [2.05, 4.69) is 52.3 Å². The first kappa shape index (κ1) is 23.1. The summed E-state index contributed by atoms with van der Waals surface area (Å²) in [7, 11) is 0. The Kier molecular flexibility index (Phi) is 4.62. The van der Waals surface area contributed by atoms with Gasteiger partial charge in [0.15, 0.2) is 0 Å². The molecule has 0 radical (unpaired) electrons. The van der Waals surface area contributed by atoms with E-state index in [9.17, 15) is 5.11 Å². The highest BCUT2D eigenvalue weighted by Gasteiger charge is 2.47. The van der Waals surface area contributed by atoms with Crippen LogP contribution in [0.2, 0.25) is 0 Å². The third-order valence-corrected chi connectivity index (χ3v) is 9.20. The van der Waals surface area contributed by atoms with Crippen LogP contribution in [-0.4, -0.2) is 5.11 Å². The fourth-order valence-electron chi connectivity index (χ4n) is 6.87. The molecular weight excluding hydrogens is 572 g/mol. The number of halogens is 1. The van der Waals surface area contributed by atoms with Crippen LogP contribution < -0.4 is 0 Å². The van der Waals surface area contributed by atoms with Gasteiger partial charge in [0.05, 0.1) is 0 Å². The van der Waals surface area contributed by atoms with Gasteiger partial charge in [-0.05, 0) is 51.3 Å². The van der Waals surface area contributed by atoms with Gasteiger partial charge in [0.1, 0.15) is 27.9 Å². The molecule has 1 N–H and O–H groups in total. The summed E-state index contributed by atoms with van der Waals surface area (Å²) in [5.41, 5.74) is 8.00. The molecule has 41 heavy (non-hydrogen) atoms. The molecule has 0 spiro atoms. The number of hydrogen-bond acceptors (Lipinski definition) is 3. The Morgan fingerprint density at radius 1 is 0.537 bits per heavy atom. The number of benzene rings is 6. The first-order valence-electron chi connectivity index (χ1n) is 13.6.